The minimum Gasteiger partial charge on any atom is -0.490 e. The number of barbiturate groups is 1. The summed E-state index contributed by atoms with van der Waals surface area (Å²) >= 11 is 5.89. The van der Waals surface area contributed by atoms with Crippen LogP contribution in [0.2, 0.25) is 5.02 Å². The number of nitrogens with one attached hydrogen (secondary N) is 1. The number of urea groups is 1. The van der Waals surface area contributed by atoms with Gasteiger partial charge in [-0.25, -0.2) is 9.69 Å². The second-order valence-electron chi connectivity index (χ2n) is 7.95. The maximum absolute atomic E-state index is 12.9. The molecule has 0 radical (unpaired) electrons. The van der Waals surface area contributed by atoms with Gasteiger partial charge in [-0.05, 0) is 85.1 Å². The second kappa shape index (κ2) is 10.4. The molecule has 1 aliphatic heterocycles. The van der Waals surface area contributed by atoms with Gasteiger partial charge in [-0.3, -0.25) is 14.9 Å². The first-order chi connectivity index (χ1) is 16.8. The van der Waals surface area contributed by atoms with Crippen LogP contribution in [0.15, 0.2) is 72.3 Å². The summed E-state index contributed by atoms with van der Waals surface area (Å²) in [6.07, 6.45) is 1.43. The van der Waals surface area contributed by atoms with E-state index in [0.717, 1.165) is 10.6 Å². The van der Waals surface area contributed by atoms with Crippen molar-refractivity contribution in [3.05, 3.63) is 94.0 Å². The van der Waals surface area contributed by atoms with Gasteiger partial charge in [-0.15, -0.1) is 0 Å². The molecule has 8 heteroatoms. The summed E-state index contributed by atoms with van der Waals surface area (Å²) in [5.41, 5.74) is 3.13. The van der Waals surface area contributed by atoms with Gasteiger partial charge < -0.3 is 9.47 Å². The fourth-order valence-corrected chi connectivity index (χ4v) is 3.56. The third kappa shape index (κ3) is 5.70. The summed E-state index contributed by atoms with van der Waals surface area (Å²) in [5.74, 6) is -0.0626. The fourth-order valence-electron chi connectivity index (χ4n) is 3.43. The van der Waals surface area contributed by atoms with Crippen LogP contribution in [0.3, 0.4) is 0 Å². The largest absolute Gasteiger partial charge is 0.490 e. The van der Waals surface area contributed by atoms with Crippen molar-refractivity contribution in [2.24, 2.45) is 0 Å². The molecule has 4 amide bonds. The summed E-state index contributed by atoms with van der Waals surface area (Å²) in [6.45, 7) is 4.82. The van der Waals surface area contributed by atoms with Crippen molar-refractivity contribution in [3.8, 4) is 11.5 Å². The zero-order chi connectivity index (χ0) is 24.9. The number of benzene rings is 3. The van der Waals surface area contributed by atoms with Crippen LogP contribution in [-0.4, -0.2) is 31.1 Å². The molecule has 0 aromatic heterocycles. The monoisotopic (exact) mass is 490 g/mol. The molecule has 0 aliphatic carbocycles. The van der Waals surface area contributed by atoms with Crippen molar-refractivity contribution >= 4 is 41.2 Å². The predicted octanol–water partition coefficient (Wildman–Crippen LogP) is 5.08. The topological polar surface area (TPSA) is 84.9 Å². The lowest BCUT2D eigenvalue weighted by Gasteiger charge is -2.26. The molecule has 0 unspecified atom stereocenters. The quantitative estimate of drug-likeness (QED) is 0.283. The maximum Gasteiger partial charge on any atom is 0.335 e. The Bertz CT molecular complexity index is 1300. The van der Waals surface area contributed by atoms with E-state index < -0.39 is 17.8 Å². The maximum atomic E-state index is 12.9. The molecule has 1 heterocycles. The first-order valence-electron chi connectivity index (χ1n) is 10.9. The number of carbonyl (C=O) groups is 3. The van der Waals surface area contributed by atoms with Crippen molar-refractivity contribution in [1.82, 2.24) is 5.32 Å². The van der Waals surface area contributed by atoms with Crippen LogP contribution in [0, 0.1) is 13.8 Å². The summed E-state index contributed by atoms with van der Waals surface area (Å²) in [4.78, 5) is 38.5. The van der Waals surface area contributed by atoms with Gasteiger partial charge in [0.05, 0.1) is 5.69 Å². The highest BCUT2D eigenvalue weighted by Gasteiger charge is 2.36. The number of hydrogen-bond acceptors (Lipinski definition) is 5. The Balaban J connectivity index is 1.39. The third-order valence-electron chi connectivity index (χ3n) is 5.48. The zero-order valence-corrected chi connectivity index (χ0v) is 20.0. The molecule has 1 saturated heterocycles. The van der Waals surface area contributed by atoms with Crippen LogP contribution in [0.4, 0.5) is 10.5 Å². The van der Waals surface area contributed by atoms with E-state index in [2.05, 4.69) is 5.32 Å². The molecule has 35 heavy (non-hydrogen) atoms. The molecule has 3 aromatic carbocycles. The first kappa shape index (κ1) is 24.0. The molecule has 0 bridgehead atoms. The number of halogens is 1. The molecule has 178 valence electrons. The normalized spacial score (nSPS) is 14.8. The number of carbonyl (C=O) groups excluding carboxylic acids is 3. The number of amides is 4. The highest BCUT2D eigenvalue weighted by atomic mass is 35.5. The summed E-state index contributed by atoms with van der Waals surface area (Å²) < 4.78 is 11.4. The lowest BCUT2D eigenvalue weighted by molar-refractivity contribution is -0.122. The van der Waals surface area contributed by atoms with Crippen molar-refractivity contribution in [2.75, 3.05) is 18.1 Å². The average molecular weight is 491 g/mol. The van der Waals surface area contributed by atoms with E-state index in [-0.39, 0.29) is 5.57 Å². The number of aryl methyl sites for hydroxylation is 2. The Kier molecular flexibility index (Phi) is 7.17. The molecule has 1 fully saturated rings. The van der Waals surface area contributed by atoms with Gasteiger partial charge >= 0.3 is 6.03 Å². The molecule has 0 spiro atoms. The molecular formula is C27H23ClN2O5. The number of nitrogens with zero attached hydrogens (tertiary/aromatic N) is 1. The Morgan fingerprint density at radius 1 is 0.829 bits per heavy atom. The second-order valence-corrected chi connectivity index (χ2v) is 8.38. The van der Waals surface area contributed by atoms with E-state index >= 15 is 0 Å². The molecule has 0 atom stereocenters. The molecule has 4 rings (SSSR count). The van der Waals surface area contributed by atoms with E-state index in [1.807, 2.05) is 32.0 Å². The Hall–Kier alpha value is -4.10. The van der Waals surface area contributed by atoms with Gasteiger partial charge in [-0.2, -0.15) is 0 Å². The van der Waals surface area contributed by atoms with Gasteiger partial charge in [0.25, 0.3) is 11.8 Å². The number of imide groups is 2. The highest BCUT2D eigenvalue weighted by molar-refractivity contribution is 6.39. The molecule has 1 aliphatic rings. The van der Waals surface area contributed by atoms with Crippen molar-refractivity contribution in [3.63, 3.8) is 0 Å². The Morgan fingerprint density at radius 3 is 2.11 bits per heavy atom. The van der Waals surface area contributed by atoms with Gasteiger partial charge in [0.2, 0.25) is 0 Å². The Morgan fingerprint density at radius 2 is 1.46 bits per heavy atom. The van der Waals surface area contributed by atoms with Gasteiger partial charge in [0, 0.05) is 5.02 Å². The smallest absolute Gasteiger partial charge is 0.335 e. The standard InChI is InChI=1S/C27H23ClN2O5/c1-17-3-10-23(15-18(17)2)35-14-13-34-22-11-4-19(5-12-22)16-24-25(31)29-27(33)30(26(24)32)21-8-6-20(28)7-9-21/h3-12,15-16H,13-14H2,1-2H3,(H,29,31,33)/b24-16-. The summed E-state index contributed by atoms with van der Waals surface area (Å²) in [6, 6.07) is 18.2. The number of ether oxygens (including phenoxy) is 2. The number of anilines is 1. The zero-order valence-electron chi connectivity index (χ0n) is 19.2. The van der Waals surface area contributed by atoms with Crippen LogP contribution in [0.5, 0.6) is 11.5 Å². The minimum atomic E-state index is -0.814. The Labute approximate surface area is 207 Å². The van der Waals surface area contributed by atoms with Crippen molar-refractivity contribution < 1.29 is 23.9 Å². The predicted molar refractivity (Wildman–Crippen MR) is 134 cm³/mol. The molecule has 1 N–H and O–H groups in total. The van der Waals surface area contributed by atoms with E-state index in [1.165, 1.54) is 29.3 Å². The molecule has 3 aromatic rings. The van der Waals surface area contributed by atoms with Gasteiger partial charge in [-0.1, -0.05) is 29.8 Å². The van der Waals surface area contributed by atoms with E-state index in [0.29, 0.717) is 35.2 Å². The van der Waals surface area contributed by atoms with E-state index in [1.54, 1.807) is 36.4 Å². The van der Waals surface area contributed by atoms with E-state index in [9.17, 15) is 14.4 Å². The van der Waals surface area contributed by atoms with Crippen LogP contribution in [0.25, 0.3) is 6.08 Å². The average Bonchev–Trinajstić information content (AvgIpc) is 2.83. The number of hydrogen-bond donors (Lipinski definition) is 1. The minimum absolute atomic E-state index is 0.157. The molecule has 7 nitrogen and oxygen atoms in total. The van der Waals surface area contributed by atoms with Crippen molar-refractivity contribution in [1.29, 1.82) is 0 Å². The SMILES string of the molecule is Cc1ccc(OCCOc2ccc(/C=C3/C(=O)NC(=O)N(c4ccc(Cl)cc4)C3=O)cc2)cc1C. The van der Waals surface area contributed by atoms with Crippen LogP contribution < -0.4 is 19.7 Å². The summed E-state index contributed by atoms with van der Waals surface area (Å²) in [7, 11) is 0. The van der Waals surface area contributed by atoms with Crippen LogP contribution in [0.1, 0.15) is 16.7 Å². The first-order valence-corrected chi connectivity index (χ1v) is 11.3. The lowest BCUT2D eigenvalue weighted by Crippen LogP contribution is -2.54. The van der Waals surface area contributed by atoms with Gasteiger partial charge in [0.15, 0.2) is 0 Å². The van der Waals surface area contributed by atoms with E-state index in [4.69, 9.17) is 21.1 Å². The van der Waals surface area contributed by atoms with Gasteiger partial charge in [0.1, 0.15) is 30.3 Å². The fraction of sp³-hybridized carbons (Fsp3) is 0.148. The van der Waals surface area contributed by atoms with Crippen LogP contribution >= 0.6 is 11.6 Å². The highest BCUT2D eigenvalue weighted by Crippen LogP contribution is 2.24. The lowest BCUT2D eigenvalue weighted by atomic mass is 10.1. The van der Waals surface area contributed by atoms with Crippen molar-refractivity contribution in [2.45, 2.75) is 13.8 Å². The molecular weight excluding hydrogens is 468 g/mol. The number of rotatable bonds is 7. The summed E-state index contributed by atoms with van der Waals surface area (Å²) in [5, 5.41) is 2.66. The van der Waals surface area contributed by atoms with Crippen LogP contribution in [-0.2, 0) is 9.59 Å². The third-order valence-corrected chi connectivity index (χ3v) is 5.73. The molecule has 0 saturated carbocycles.